The third kappa shape index (κ3) is 11.2. The van der Waals surface area contributed by atoms with Gasteiger partial charge in [0.2, 0.25) is 0 Å². The number of ether oxygens (including phenoxy) is 3. The lowest BCUT2D eigenvalue weighted by Gasteiger charge is -2.26. The lowest BCUT2D eigenvalue weighted by molar-refractivity contribution is -0.140. The third-order valence-electron chi connectivity index (χ3n) is 3.74. The third-order valence-corrected chi connectivity index (χ3v) is 3.74. The van der Waals surface area contributed by atoms with Crippen LogP contribution in [-0.4, -0.2) is 62.9 Å². The van der Waals surface area contributed by atoms with Crippen molar-refractivity contribution in [2.45, 2.75) is 39.5 Å². The second kappa shape index (κ2) is 13.0. The van der Waals surface area contributed by atoms with Crippen molar-refractivity contribution >= 4 is 11.9 Å². The molecule has 0 aromatic heterocycles. The van der Waals surface area contributed by atoms with Crippen LogP contribution in [0.1, 0.15) is 39.5 Å². The molecule has 1 rings (SSSR count). The van der Waals surface area contributed by atoms with Crippen molar-refractivity contribution in [1.29, 1.82) is 0 Å². The number of morpholine rings is 1. The molecular formula is C18H31NO5. The maximum atomic E-state index is 11.5. The molecule has 6 nitrogen and oxygen atoms in total. The first-order valence-electron chi connectivity index (χ1n) is 8.89. The highest BCUT2D eigenvalue weighted by Crippen LogP contribution is 2.03. The van der Waals surface area contributed by atoms with E-state index in [4.69, 9.17) is 14.2 Å². The Bertz CT molecular complexity index is 389. The van der Waals surface area contributed by atoms with Gasteiger partial charge in [-0.3, -0.25) is 4.90 Å². The molecule has 0 atom stereocenters. The van der Waals surface area contributed by atoms with Crippen LogP contribution in [0.5, 0.6) is 0 Å². The Hall–Kier alpha value is -1.40. The van der Waals surface area contributed by atoms with Gasteiger partial charge in [-0.2, -0.15) is 0 Å². The van der Waals surface area contributed by atoms with Crippen molar-refractivity contribution in [3.8, 4) is 0 Å². The molecule has 0 unspecified atom stereocenters. The summed E-state index contributed by atoms with van der Waals surface area (Å²) in [5.41, 5.74) is 0. The maximum Gasteiger partial charge on any atom is 0.331 e. The average molecular weight is 341 g/mol. The van der Waals surface area contributed by atoms with E-state index in [-0.39, 0.29) is 0 Å². The lowest BCUT2D eigenvalue weighted by Crippen LogP contribution is -2.36. The standard InChI is InChI=1S/C18H31NO5/c1-16(2)6-5-13-24-18(21)8-7-17(20)23-12-4-3-9-19-10-14-22-15-11-19/h7-8,16H,3-6,9-15H2,1-2H3/b8-7+. The van der Waals surface area contributed by atoms with Gasteiger partial charge in [0.25, 0.3) is 0 Å². The molecule has 0 N–H and O–H groups in total. The van der Waals surface area contributed by atoms with Crippen molar-refractivity contribution in [2.75, 3.05) is 46.1 Å². The summed E-state index contributed by atoms with van der Waals surface area (Å²) in [6, 6.07) is 0. The van der Waals surface area contributed by atoms with Gasteiger partial charge in [0.05, 0.1) is 26.4 Å². The summed E-state index contributed by atoms with van der Waals surface area (Å²) in [6.45, 7) is 9.55. The van der Waals surface area contributed by atoms with Gasteiger partial charge in [0.1, 0.15) is 0 Å². The minimum Gasteiger partial charge on any atom is -0.463 e. The summed E-state index contributed by atoms with van der Waals surface area (Å²) in [6.07, 6.45) is 5.91. The van der Waals surface area contributed by atoms with E-state index in [2.05, 4.69) is 18.7 Å². The van der Waals surface area contributed by atoms with Crippen LogP contribution in [0.3, 0.4) is 0 Å². The first kappa shape index (κ1) is 20.6. The van der Waals surface area contributed by atoms with Crippen LogP contribution in [0.2, 0.25) is 0 Å². The summed E-state index contributed by atoms with van der Waals surface area (Å²) < 4.78 is 15.4. The molecule has 0 saturated carbocycles. The number of esters is 2. The topological polar surface area (TPSA) is 65.1 Å². The van der Waals surface area contributed by atoms with Gasteiger partial charge in [-0.15, -0.1) is 0 Å². The highest BCUT2D eigenvalue weighted by atomic mass is 16.5. The number of carbonyl (C=O) groups is 2. The summed E-state index contributed by atoms with van der Waals surface area (Å²) in [7, 11) is 0. The zero-order chi connectivity index (χ0) is 17.6. The summed E-state index contributed by atoms with van der Waals surface area (Å²) in [4.78, 5) is 25.2. The zero-order valence-electron chi connectivity index (χ0n) is 15.0. The van der Waals surface area contributed by atoms with Crippen molar-refractivity contribution in [1.82, 2.24) is 4.90 Å². The number of hydrogen-bond acceptors (Lipinski definition) is 6. The molecule has 0 amide bonds. The second-order valence-electron chi connectivity index (χ2n) is 6.37. The zero-order valence-corrected chi connectivity index (χ0v) is 15.0. The molecule has 0 aromatic carbocycles. The fraction of sp³-hybridized carbons (Fsp3) is 0.778. The van der Waals surface area contributed by atoms with Gasteiger partial charge in [-0.1, -0.05) is 13.8 Å². The number of carbonyl (C=O) groups excluding carboxylic acids is 2. The van der Waals surface area contributed by atoms with Crippen LogP contribution in [-0.2, 0) is 23.8 Å². The van der Waals surface area contributed by atoms with E-state index in [0.29, 0.717) is 19.1 Å². The molecule has 1 saturated heterocycles. The van der Waals surface area contributed by atoms with Crippen LogP contribution in [0.15, 0.2) is 12.2 Å². The predicted molar refractivity (Wildman–Crippen MR) is 91.6 cm³/mol. The quantitative estimate of drug-likeness (QED) is 0.326. The smallest absolute Gasteiger partial charge is 0.331 e. The van der Waals surface area contributed by atoms with Gasteiger partial charge in [0, 0.05) is 25.2 Å². The molecule has 1 aliphatic rings. The fourth-order valence-corrected chi connectivity index (χ4v) is 2.33. The van der Waals surface area contributed by atoms with Crippen molar-refractivity contribution in [2.24, 2.45) is 5.92 Å². The molecule has 1 fully saturated rings. The monoisotopic (exact) mass is 341 g/mol. The Morgan fingerprint density at radius 3 is 2.17 bits per heavy atom. The van der Waals surface area contributed by atoms with Crippen molar-refractivity contribution in [3.05, 3.63) is 12.2 Å². The Balaban J connectivity index is 1.98. The van der Waals surface area contributed by atoms with Gasteiger partial charge in [-0.25, -0.2) is 9.59 Å². The Kier molecular flexibility index (Phi) is 11.1. The van der Waals surface area contributed by atoms with Crippen LogP contribution < -0.4 is 0 Å². The normalized spacial score (nSPS) is 15.8. The summed E-state index contributed by atoms with van der Waals surface area (Å²) in [5, 5.41) is 0. The molecule has 24 heavy (non-hydrogen) atoms. The van der Waals surface area contributed by atoms with E-state index in [1.165, 1.54) is 0 Å². The largest absolute Gasteiger partial charge is 0.463 e. The summed E-state index contributed by atoms with van der Waals surface area (Å²) >= 11 is 0. The molecule has 1 heterocycles. The average Bonchev–Trinajstić information content (AvgIpc) is 2.57. The molecule has 0 radical (unpaired) electrons. The van der Waals surface area contributed by atoms with Crippen LogP contribution in [0.25, 0.3) is 0 Å². The van der Waals surface area contributed by atoms with Crippen molar-refractivity contribution < 1.29 is 23.8 Å². The Morgan fingerprint density at radius 1 is 1.00 bits per heavy atom. The molecule has 0 aromatic rings. The molecule has 0 aliphatic carbocycles. The minimum atomic E-state index is -0.500. The first-order valence-corrected chi connectivity index (χ1v) is 8.89. The van der Waals surface area contributed by atoms with Crippen molar-refractivity contribution in [3.63, 3.8) is 0 Å². The predicted octanol–water partition coefficient (Wildman–Crippen LogP) is 2.18. The fourth-order valence-electron chi connectivity index (χ4n) is 2.33. The van der Waals surface area contributed by atoms with E-state index in [1.54, 1.807) is 0 Å². The molecule has 1 aliphatic heterocycles. The van der Waals surface area contributed by atoms with E-state index < -0.39 is 11.9 Å². The van der Waals surface area contributed by atoms with Crippen LogP contribution in [0, 0.1) is 5.92 Å². The van der Waals surface area contributed by atoms with E-state index in [0.717, 1.165) is 70.7 Å². The molecule has 0 bridgehead atoms. The van der Waals surface area contributed by atoms with E-state index in [1.807, 2.05) is 0 Å². The highest BCUT2D eigenvalue weighted by molar-refractivity contribution is 5.91. The molecule has 138 valence electrons. The molecule has 0 spiro atoms. The highest BCUT2D eigenvalue weighted by Gasteiger charge is 2.09. The van der Waals surface area contributed by atoms with Crippen LogP contribution in [0.4, 0.5) is 0 Å². The van der Waals surface area contributed by atoms with Gasteiger partial charge in [-0.05, 0) is 38.1 Å². The van der Waals surface area contributed by atoms with E-state index >= 15 is 0 Å². The van der Waals surface area contributed by atoms with Gasteiger partial charge >= 0.3 is 11.9 Å². The lowest BCUT2D eigenvalue weighted by atomic mass is 10.1. The number of unbranched alkanes of at least 4 members (excludes halogenated alkanes) is 1. The van der Waals surface area contributed by atoms with E-state index in [9.17, 15) is 9.59 Å². The maximum absolute atomic E-state index is 11.5. The Labute approximate surface area is 145 Å². The van der Waals surface area contributed by atoms with Gasteiger partial charge < -0.3 is 14.2 Å². The number of hydrogen-bond donors (Lipinski definition) is 0. The number of rotatable bonds is 11. The van der Waals surface area contributed by atoms with Gasteiger partial charge in [0.15, 0.2) is 0 Å². The second-order valence-corrected chi connectivity index (χ2v) is 6.37. The number of nitrogens with zero attached hydrogens (tertiary/aromatic N) is 1. The Morgan fingerprint density at radius 2 is 1.58 bits per heavy atom. The molecular weight excluding hydrogens is 310 g/mol. The minimum absolute atomic E-state index is 0.372. The first-order chi connectivity index (χ1) is 11.6. The van der Waals surface area contributed by atoms with Crippen LogP contribution >= 0.6 is 0 Å². The summed E-state index contributed by atoms with van der Waals surface area (Å²) in [5.74, 6) is -0.402. The SMILES string of the molecule is CC(C)CCCOC(=O)/C=C/C(=O)OCCCCN1CCOCC1. The molecule has 6 heteroatoms.